The van der Waals surface area contributed by atoms with E-state index in [1.165, 1.54) is 6.20 Å². The number of rotatable bonds is 3. The molecule has 1 unspecified atom stereocenters. The molecule has 7 nitrogen and oxygen atoms in total. The second-order valence-corrected chi connectivity index (χ2v) is 6.49. The van der Waals surface area contributed by atoms with Crippen LogP contribution in [-0.4, -0.2) is 29.3 Å². The molecule has 3 rings (SSSR count). The number of carbonyl (C=O) groups excluding carboxylic acids is 3. The smallest absolute Gasteiger partial charge is 0.271 e. The largest absolute Gasteiger partial charge is 0.312 e. The molecule has 0 spiro atoms. The molecule has 2 heterocycles. The maximum absolute atomic E-state index is 12.2. The van der Waals surface area contributed by atoms with Crippen molar-refractivity contribution < 1.29 is 14.4 Å². The highest BCUT2D eigenvalue weighted by molar-refractivity contribution is 9.10. The molecule has 0 saturated carbocycles. The Hall–Kier alpha value is -2.74. The monoisotopic (exact) mass is 402 g/mol. The van der Waals surface area contributed by atoms with Crippen LogP contribution in [0.5, 0.6) is 0 Å². The van der Waals surface area contributed by atoms with Gasteiger partial charge in [-0.05, 0) is 30.3 Å². The van der Waals surface area contributed by atoms with Gasteiger partial charge in [-0.15, -0.1) is 0 Å². The van der Waals surface area contributed by atoms with Crippen molar-refractivity contribution >= 4 is 39.3 Å². The fraction of sp³-hybridized carbons (Fsp3) is 0.176. The molecule has 8 heteroatoms. The number of nitrogens with one attached hydrogen (secondary N) is 2. The van der Waals surface area contributed by atoms with Crippen molar-refractivity contribution in [3.05, 3.63) is 58.8 Å². The number of halogens is 1. The van der Waals surface area contributed by atoms with Crippen LogP contribution in [-0.2, 0) is 9.59 Å². The molecule has 0 bridgehead atoms. The summed E-state index contributed by atoms with van der Waals surface area (Å²) in [6.45, 7) is 0.268. The molecule has 1 aromatic carbocycles. The van der Waals surface area contributed by atoms with Crippen molar-refractivity contribution in [2.24, 2.45) is 5.92 Å². The van der Waals surface area contributed by atoms with Crippen LogP contribution in [0, 0.1) is 5.92 Å². The molecule has 1 aromatic heterocycles. The SMILES string of the molecule is O=C(NNC(=O)C1CC(=O)N(c2cccc(Br)c2)C1)c1cccnc1. The van der Waals surface area contributed by atoms with Crippen molar-refractivity contribution in [2.75, 3.05) is 11.4 Å². The lowest BCUT2D eigenvalue weighted by Crippen LogP contribution is -2.45. The first-order valence-corrected chi connectivity index (χ1v) is 8.40. The third kappa shape index (κ3) is 4.03. The number of carbonyl (C=O) groups is 3. The molecule has 1 atom stereocenters. The second-order valence-electron chi connectivity index (χ2n) is 5.57. The third-order valence-electron chi connectivity index (χ3n) is 3.84. The zero-order chi connectivity index (χ0) is 17.8. The average molecular weight is 403 g/mol. The van der Waals surface area contributed by atoms with Gasteiger partial charge in [-0.3, -0.25) is 30.2 Å². The Morgan fingerprint density at radius 3 is 2.76 bits per heavy atom. The summed E-state index contributed by atoms with van der Waals surface area (Å²) in [5.74, 6) is -1.52. The Balaban J connectivity index is 1.58. The lowest BCUT2D eigenvalue weighted by molar-refractivity contribution is -0.126. The van der Waals surface area contributed by atoms with Gasteiger partial charge >= 0.3 is 0 Å². The van der Waals surface area contributed by atoms with E-state index in [-0.39, 0.29) is 18.9 Å². The first-order chi connectivity index (χ1) is 12.0. The topological polar surface area (TPSA) is 91.4 Å². The quantitative estimate of drug-likeness (QED) is 0.763. The Bertz CT molecular complexity index is 813. The van der Waals surface area contributed by atoms with Crippen LogP contribution in [0.4, 0.5) is 5.69 Å². The third-order valence-corrected chi connectivity index (χ3v) is 4.33. The summed E-state index contributed by atoms with van der Waals surface area (Å²) in [6.07, 6.45) is 3.05. The van der Waals surface area contributed by atoms with E-state index in [0.717, 1.165) is 10.2 Å². The second kappa shape index (κ2) is 7.43. The molecule has 2 aromatic rings. The molecular formula is C17H15BrN4O3. The molecule has 3 amide bonds. The van der Waals surface area contributed by atoms with Crippen LogP contribution < -0.4 is 15.8 Å². The average Bonchev–Trinajstić information content (AvgIpc) is 3.02. The van der Waals surface area contributed by atoms with Crippen LogP contribution in [0.1, 0.15) is 16.8 Å². The summed E-state index contributed by atoms with van der Waals surface area (Å²) in [6, 6.07) is 10.5. The van der Waals surface area contributed by atoms with E-state index in [9.17, 15) is 14.4 Å². The summed E-state index contributed by atoms with van der Waals surface area (Å²) in [5, 5.41) is 0. The maximum atomic E-state index is 12.2. The van der Waals surface area contributed by atoms with E-state index in [1.807, 2.05) is 24.3 Å². The normalized spacial score (nSPS) is 16.6. The summed E-state index contributed by atoms with van der Waals surface area (Å²) in [4.78, 5) is 41.7. The van der Waals surface area contributed by atoms with E-state index in [2.05, 4.69) is 31.8 Å². The fourth-order valence-electron chi connectivity index (χ4n) is 2.57. The Morgan fingerprint density at radius 2 is 2.04 bits per heavy atom. The first kappa shape index (κ1) is 17.1. The van der Waals surface area contributed by atoms with Crippen LogP contribution in [0.3, 0.4) is 0 Å². The van der Waals surface area contributed by atoms with E-state index < -0.39 is 17.7 Å². The number of hydrogen-bond donors (Lipinski definition) is 2. The van der Waals surface area contributed by atoms with Crippen LogP contribution in [0.2, 0.25) is 0 Å². The fourth-order valence-corrected chi connectivity index (χ4v) is 2.95. The molecule has 0 radical (unpaired) electrons. The van der Waals surface area contributed by atoms with Gasteiger partial charge in [0.25, 0.3) is 5.91 Å². The van der Waals surface area contributed by atoms with Crippen molar-refractivity contribution in [3.8, 4) is 0 Å². The van der Waals surface area contributed by atoms with Crippen LogP contribution in [0.15, 0.2) is 53.3 Å². The minimum Gasteiger partial charge on any atom is -0.312 e. The van der Waals surface area contributed by atoms with Gasteiger partial charge in [0, 0.05) is 35.5 Å². The van der Waals surface area contributed by atoms with Gasteiger partial charge in [-0.2, -0.15) is 0 Å². The number of pyridine rings is 1. The van der Waals surface area contributed by atoms with Crippen molar-refractivity contribution in [3.63, 3.8) is 0 Å². The molecule has 1 aliphatic rings. The Morgan fingerprint density at radius 1 is 1.20 bits per heavy atom. The van der Waals surface area contributed by atoms with Gasteiger partial charge < -0.3 is 4.90 Å². The molecule has 1 saturated heterocycles. The Kier molecular flexibility index (Phi) is 5.08. The summed E-state index contributed by atoms with van der Waals surface area (Å²) < 4.78 is 0.856. The lowest BCUT2D eigenvalue weighted by atomic mass is 10.1. The minimum atomic E-state index is -0.527. The van der Waals surface area contributed by atoms with E-state index in [1.54, 1.807) is 23.2 Å². The van der Waals surface area contributed by atoms with Gasteiger partial charge in [0.1, 0.15) is 0 Å². The maximum Gasteiger partial charge on any atom is 0.271 e. The molecule has 1 aliphatic heterocycles. The van der Waals surface area contributed by atoms with Crippen molar-refractivity contribution in [2.45, 2.75) is 6.42 Å². The van der Waals surface area contributed by atoms with Crippen LogP contribution in [0.25, 0.3) is 0 Å². The highest BCUT2D eigenvalue weighted by Crippen LogP contribution is 2.27. The molecule has 128 valence electrons. The van der Waals surface area contributed by atoms with Gasteiger partial charge in [0.05, 0.1) is 11.5 Å². The molecule has 0 aliphatic carbocycles. The standard InChI is InChI=1S/C17H15BrN4O3/c18-13-4-1-5-14(8-13)22-10-12(7-15(22)23)17(25)21-20-16(24)11-3-2-6-19-9-11/h1-6,8-9,12H,7,10H2,(H,20,24)(H,21,25). The Labute approximate surface area is 152 Å². The summed E-state index contributed by atoms with van der Waals surface area (Å²) in [7, 11) is 0. The zero-order valence-corrected chi connectivity index (χ0v) is 14.7. The minimum absolute atomic E-state index is 0.0983. The number of anilines is 1. The molecule has 2 N–H and O–H groups in total. The number of nitrogens with zero attached hydrogens (tertiary/aromatic N) is 2. The molecule has 25 heavy (non-hydrogen) atoms. The number of hydrogen-bond acceptors (Lipinski definition) is 4. The number of aromatic nitrogens is 1. The predicted molar refractivity (Wildman–Crippen MR) is 94.4 cm³/mol. The zero-order valence-electron chi connectivity index (χ0n) is 13.1. The highest BCUT2D eigenvalue weighted by atomic mass is 79.9. The first-order valence-electron chi connectivity index (χ1n) is 7.61. The van der Waals surface area contributed by atoms with Gasteiger partial charge in [-0.1, -0.05) is 22.0 Å². The summed E-state index contributed by atoms with van der Waals surface area (Å²) >= 11 is 3.37. The summed E-state index contributed by atoms with van der Waals surface area (Å²) in [5.41, 5.74) is 5.78. The number of amides is 3. The number of benzene rings is 1. The predicted octanol–water partition coefficient (Wildman–Crippen LogP) is 1.66. The number of hydrazine groups is 1. The van der Waals surface area contributed by atoms with E-state index in [0.29, 0.717) is 5.56 Å². The lowest BCUT2D eigenvalue weighted by Gasteiger charge is -2.17. The van der Waals surface area contributed by atoms with Gasteiger partial charge in [0.2, 0.25) is 11.8 Å². The van der Waals surface area contributed by atoms with E-state index in [4.69, 9.17) is 0 Å². The van der Waals surface area contributed by atoms with Gasteiger partial charge in [-0.25, -0.2) is 0 Å². The van der Waals surface area contributed by atoms with Gasteiger partial charge in [0.15, 0.2) is 0 Å². The van der Waals surface area contributed by atoms with Crippen molar-refractivity contribution in [1.29, 1.82) is 0 Å². The molecule has 1 fully saturated rings. The van der Waals surface area contributed by atoms with Crippen molar-refractivity contribution in [1.82, 2.24) is 15.8 Å². The van der Waals surface area contributed by atoms with Crippen LogP contribution >= 0.6 is 15.9 Å². The van der Waals surface area contributed by atoms with E-state index >= 15 is 0 Å². The highest BCUT2D eigenvalue weighted by Gasteiger charge is 2.35. The molecular weight excluding hydrogens is 388 g/mol.